The van der Waals surface area contributed by atoms with Gasteiger partial charge in [-0.05, 0) is 45.7 Å². The molecule has 3 unspecified atom stereocenters. The molecule has 112 valence electrons. The van der Waals surface area contributed by atoms with E-state index in [2.05, 4.69) is 31.1 Å². The average Bonchev–Trinajstić information content (AvgIpc) is 2.38. The molecule has 1 aliphatic carbocycles. The number of hydrogen-bond acceptors (Lipinski definition) is 3. The number of carbonyl (C=O) groups excluding carboxylic acids is 1. The minimum atomic E-state index is 0.143. The molecule has 0 radical (unpaired) electrons. The summed E-state index contributed by atoms with van der Waals surface area (Å²) in [5.41, 5.74) is 5.86. The number of nitrogens with zero attached hydrogens (tertiary/aromatic N) is 1. The number of likely N-dealkylation sites (N-methyl/N-ethyl adjacent to an activating group) is 1. The van der Waals surface area contributed by atoms with Gasteiger partial charge in [-0.25, -0.2) is 0 Å². The molecule has 1 fully saturated rings. The fourth-order valence-corrected chi connectivity index (χ4v) is 3.21. The van der Waals surface area contributed by atoms with Gasteiger partial charge in [0.05, 0.1) is 6.54 Å². The molecular weight excluding hydrogens is 238 g/mol. The van der Waals surface area contributed by atoms with Crippen LogP contribution in [0.3, 0.4) is 0 Å². The second kappa shape index (κ2) is 8.54. The van der Waals surface area contributed by atoms with Crippen molar-refractivity contribution in [3.63, 3.8) is 0 Å². The standard InChI is InChI=1S/C15H31N3O/c1-4-7-12(2)17-15(19)11-18(3)14-9-6-5-8-13(14)10-16/h12-14H,4-11,16H2,1-3H3,(H,17,19). The molecular formula is C15H31N3O. The summed E-state index contributed by atoms with van der Waals surface area (Å²) in [4.78, 5) is 14.2. The first kappa shape index (κ1) is 16.4. The molecule has 4 nitrogen and oxygen atoms in total. The van der Waals surface area contributed by atoms with Gasteiger partial charge in [0.2, 0.25) is 5.91 Å². The molecule has 4 heteroatoms. The second-order valence-corrected chi connectivity index (χ2v) is 6.02. The summed E-state index contributed by atoms with van der Waals surface area (Å²) < 4.78 is 0. The van der Waals surface area contributed by atoms with E-state index in [0.717, 1.165) is 19.4 Å². The first-order valence-electron chi connectivity index (χ1n) is 7.78. The van der Waals surface area contributed by atoms with Crippen molar-refractivity contribution in [3.8, 4) is 0 Å². The predicted molar refractivity (Wildman–Crippen MR) is 79.9 cm³/mol. The molecule has 0 aromatic rings. The van der Waals surface area contributed by atoms with E-state index >= 15 is 0 Å². The first-order chi connectivity index (χ1) is 9.08. The highest BCUT2D eigenvalue weighted by molar-refractivity contribution is 5.78. The predicted octanol–water partition coefficient (Wildman–Crippen LogP) is 1.74. The van der Waals surface area contributed by atoms with E-state index in [0.29, 0.717) is 18.5 Å². The maximum Gasteiger partial charge on any atom is 0.234 e. The molecule has 1 aliphatic rings. The van der Waals surface area contributed by atoms with E-state index in [1.54, 1.807) is 0 Å². The molecule has 3 N–H and O–H groups in total. The van der Waals surface area contributed by atoms with E-state index in [1.807, 2.05) is 0 Å². The van der Waals surface area contributed by atoms with Gasteiger partial charge in [-0.2, -0.15) is 0 Å². The summed E-state index contributed by atoms with van der Waals surface area (Å²) >= 11 is 0. The minimum Gasteiger partial charge on any atom is -0.353 e. The zero-order valence-electron chi connectivity index (χ0n) is 12.8. The highest BCUT2D eigenvalue weighted by Crippen LogP contribution is 2.26. The Hall–Kier alpha value is -0.610. The van der Waals surface area contributed by atoms with Crippen molar-refractivity contribution in [3.05, 3.63) is 0 Å². The van der Waals surface area contributed by atoms with Gasteiger partial charge in [-0.15, -0.1) is 0 Å². The monoisotopic (exact) mass is 269 g/mol. The Morgan fingerprint density at radius 3 is 2.74 bits per heavy atom. The lowest BCUT2D eigenvalue weighted by molar-refractivity contribution is -0.123. The maximum absolute atomic E-state index is 12.0. The van der Waals surface area contributed by atoms with Gasteiger partial charge < -0.3 is 11.1 Å². The highest BCUT2D eigenvalue weighted by atomic mass is 16.2. The normalized spacial score (nSPS) is 25.3. The average molecular weight is 269 g/mol. The second-order valence-electron chi connectivity index (χ2n) is 6.02. The van der Waals surface area contributed by atoms with E-state index < -0.39 is 0 Å². The summed E-state index contributed by atoms with van der Waals surface area (Å²) in [5, 5.41) is 3.07. The first-order valence-corrected chi connectivity index (χ1v) is 7.78. The molecule has 0 spiro atoms. The topological polar surface area (TPSA) is 58.4 Å². The van der Waals surface area contributed by atoms with E-state index in [-0.39, 0.29) is 11.9 Å². The van der Waals surface area contributed by atoms with Crippen molar-refractivity contribution in [2.45, 2.75) is 64.5 Å². The Morgan fingerprint density at radius 2 is 2.11 bits per heavy atom. The van der Waals surface area contributed by atoms with Crippen LogP contribution in [0.5, 0.6) is 0 Å². The van der Waals surface area contributed by atoms with Gasteiger partial charge in [-0.3, -0.25) is 9.69 Å². The number of hydrogen-bond donors (Lipinski definition) is 2. The maximum atomic E-state index is 12.0. The third-order valence-electron chi connectivity index (χ3n) is 4.26. The van der Waals surface area contributed by atoms with Gasteiger partial charge in [0.1, 0.15) is 0 Å². The van der Waals surface area contributed by atoms with E-state index in [1.165, 1.54) is 25.7 Å². The summed E-state index contributed by atoms with van der Waals surface area (Å²) in [5.74, 6) is 0.699. The summed E-state index contributed by atoms with van der Waals surface area (Å²) in [6.45, 7) is 5.45. The van der Waals surface area contributed by atoms with Crippen molar-refractivity contribution < 1.29 is 4.79 Å². The number of nitrogens with two attached hydrogens (primary N) is 1. The summed E-state index contributed by atoms with van der Waals surface area (Å²) in [6, 6.07) is 0.758. The number of rotatable bonds is 7. The third-order valence-corrected chi connectivity index (χ3v) is 4.26. The molecule has 0 heterocycles. The minimum absolute atomic E-state index is 0.143. The number of nitrogens with one attached hydrogen (secondary N) is 1. The lowest BCUT2D eigenvalue weighted by Gasteiger charge is -2.37. The largest absolute Gasteiger partial charge is 0.353 e. The van der Waals surface area contributed by atoms with Gasteiger partial charge in [0.15, 0.2) is 0 Å². The van der Waals surface area contributed by atoms with Crippen molar-refractivity contribution >= 4 is 5.91 Å². The van der Waals surface area contributed by atoms with Crippen LogP contribution in [0.2, 0.25) is 0 Å². The van der Waals surface area contributed by atoms with Crippen LogP contribution < -0.4 is 11.1 Å². The van der Waals surface area contributed by atoms with Crippen LogP contribution in [0.1, 0.15) is 52.4 Å². The zero-order valence-corrected chi connectivity index (χ0v) is 12.8. The van der Waals surface area contributed by atoms with E-state index in [4.69, 9.17) is 5.73 Å². The van der Waals surface area contributed by atoms with Gasteiger partial charge >= 0.3 is 0 Å². The Balaban J connectivity index is 2.39. The van der Waals surface area contributed by atoms with Crippen LogP contribution in [-0.2, 0) is 4.79 Å². The molecule has 0 saturated heterocycles. The Labute approximate surface area is 118 Å². The van der Waals surface area contributed by atoms with Crippen LogP contribution >= 0.6 is 0 Å². The Kier molecular flexibility index (Phi) is 7.39. The molecule has 0 bridgehead atoms. The molecule has 0 aromatic carbocycles. The zero-order chi connectivity index (χ0) is 14.3. The van der Waals surface area contributed by atoms with Gasteiger partial charge in [0.25, 0.3) is 0 Å². The van der Waals surface area contributed by atoms with E-state index in [9.17, 15) is 4.79 Å². The molecule has 1 rings (SSSR count). The Morgan fingerprint density at radius 1 is 1.42 bits per heavy atom. The quantitative estimate of drug-likeness (QED) is 0.740. The van der Waals surface area contributed by atoms with Gasteiger partial charge in [-0.1, -0.05) is 26.2 Å². The SMILES string of the molecule is CCCC(C)NC(=O)CN(C)C1CCCCC1CN. The molecule has 1 saturated carbocycles. The Bertz CT molecular complexity index is 270. The smallest absolute Gasteiger partial charge is 0.234 e. The van der Waals surface area contributed by atoms with Crippen LogP contribution in [0.25, 0.3) is 0 Å². The fourth-order valence-electron chi connectivity index (χ4n) is 3.21. The third kappa shape index (κ3) is 5.49. The van der Waals surface area contributed by atoms with Crippen molar-refractivity contribution in [1.82, 2.24) is 10.2 Å². The summed E-state index contributed by atoms with van der Waals surface area (Å²) in [7, 11) is 2.06. The van der Waals surface area contributed by atoms with Crippen molar-refractivity contribution in [1.29, 1.82) is 0 Å². The lowest BCUT2D eigenvalue weighted by Crippen LogP contribution is -2.48. The highest BCUT2D eigenvalue weighted by Gasteiger charge is 2.28. The summed E-state index contributed by atoms with van der Waals surface area (Å²) in [6.07, 6.45) is 7.08. The molecule has 19 heavy (non-hydrogen) atoms. The van der Waals surface area contributed by atoms with Crippen LogP contribution in [0.4, 0.5) is 0 Å². The van der Waals surface area contributed by atoms with Crippen molar-refractivity contribution in [2.24, 2.45) is 11.7 Å². The molecule has 1 amide bonds. The lowest BCUT2D eigenvalue weighted by atomic mass is 9.84. The van der Waals surface area contributed by atoms with Crippen LogP contribution in [0, 0.1) is 5.92 Å². The van der Waals surface area contributed by atoms with Gasteiger partial charge in [0, 0.05) is 12.1 Å². The number of carbonyl (C=O) groups is 1. The van der Waals surface area contributed by atoms with Crippen molar-refractivity contribution in [2.75, 3.05) is 20.1 Å². The molecule has 0 aliphatic heterocycles. The van der Waals surface area contributed by atoms with Crippen LogP contribution in [0.15, 0.2) is 0 Å². The fraction of sp³-hybridized carbons (Fsp3) is 0.933. The molecule has 0 aromatic heterocycles. The van der Waals surface area contributed by atoms with Crippen LogP contribution in [-0.4, -0.2) is 43.0 Å². The number of amides is 1. The molecule has 3 atom stereocenters.